The van der Waals surface area contributed by atoms with Crippen LogP contribution >= 0.6 is 19.8 Å². The van der Waals surface area contributed by atoms with Gasteiger partial charge >= 0.3 is 31.6 Å². The quantitative estimate of drug-likeness (QED) is 0.0850. The van der Waals surface area contributed by atoms with Crippen LogP contribution in [0.1, 0.15) is 11.1 Å². The first-order chi connectivity index (χ1) is 28.2. The Morgan fingerprint density at radius 1 is 0.361 bits per heavy atom. The lowest BCUT2D eigenvalue weighted by Crippen LogP contribution is -2.11. The molecule has 3 unspecified atom stereocenters. The van der Waals surface area contributed by atoms with Crippen molar-refractivity contribution >= 4 is 61.2 Å². The molecule has 320 valence electrons. The molecule has 0 aliphatic carbocycles. The molecule has 0 saturated carbocycles. The number of benzene rings is 7. The van der Waals surface area contributed by atoms with Crippen LogP contribution in [0.25, 0.3) is 0 Å². The molecular formula is C44H44O11P2S4. The number of hydrogen-bond donors (Lipinski definition) is 0. The maximum absolute atomic E-state index is 12.7. The Balaban J connectivity index is 0.000000272. The summed E-state index contributed by atoms with van der Waals surface area (Å²) in [6.45, 7) is 3.94. The molecular weight excluding hydrogens is 895 g/mol. The van der Waals surface area contributed by atoms with Crippen molar-refractivity contribution in [2.45, 2.75) is 33.4 Å². The standard InChI is InChI=1S/C19H16O5S2.C18H14O6S2.C7H8.2H3P/c1-15-10-12-17(13-11-15)25(20,21)18-8-5-9-19(14-18)26(22,23)24-16-6-3-2-4-7-16;19-25(22-15-8-3-1-4-9-15)23-17-12-7-13-18(14-17)26(20,21)24-16-10-5-2-6-11-16;1-7-5-3-2-4-6-7;;/h2-14H,1H3;1-14H;2-6H,1H3;2*1H3. The van der Waals surface area contributed by atoms with Crippen molar-refractivity contribution in [3.05, 3.63) is 205 Å². The predicted octanol–water partition coefficient (Wildman–Crippen LogP) is 9.20. The van der Waals surface area contributed by atoms with Gasteiger partial charge in [0.2, 0.25) is 9.84 Å². The van der Waals surface area contributed by atoms with Gasteiger partial charge in [-0.05, 0) is 92.7 Å². The minimum absolute atomic E-state index is 0. The minimum Gasteiger partial charge on any atom is -0.379 e. The van der Waals surface area contributed by atoms with Crippen molar-refractivity contribution in [3.63, 3.8) is 0 Å². The van der Waals surface area contributed by atoms with E-state index in [0.717, 1.165) is 11.6 Å². The van der Waals surface area contributed by atoms with Crippen molar-refractivity contribution in [3.8, 4) is 23.0 Å². The molecule has 0 radical (unpaired) electrons. The summed E-state index contributed by atoms with van der Waals surface area (Å²) in [5.74, 6) is 0.771. The SMILES string of the molecule is Cc1ccc(S(=O)(=O)c2cccc(S(=O)(=O)Oc3ccccc3)c2)cc1.Cc1ccccc1.O=S(Oc1ccccc1)Oc1cccc(S(=O)(=O)Oc2ccccc2)c1.P.P. The Bertz CT molecular complexity index is 2780. The Labute approximate surface area is 367 Å². The summed E-state index contributed by atoms with van der Waals surface area (Å²) in [5, 5.41) is 0. The van der Waals surface area contributed by atoms with Gasteiger partial charge in [-0.25, -0.2) is 8.42 Å². The van der Waals surface area contributed by atoms with Crippen LogP contribution in [0.15, 0.2) is 214 Å². The van der Waals surface area contributed by atoms with Gasteiger partial charge in [-0.3, -0.25) is 0 Å². The Hall–Kier alpha value is -5.40. The largest absolute Gasteiger partial charge is 0.417 e. The summed E-state index contributed by atoms with van der Waals surface area (Å²) in [5.41, 5.74) is 2.25. The lowest BCUT2D eigenvalue weighted by Gasteiger charge is -2.09. The number of para-hydroxylation sites is 3. The second kappa shape index (κ2) is 23.6. The third kappa shape index (κ3) is 15.5. The van der Waals surface area contributed by atoms with Crippen LogP contribution in [0, 0.1) is 13.8 Å². The van der Waals surface area contributed by atoms with Crippen LogP contribution in [0.3, 0.4) is 0 Å². The average Bonchev–Trinajstić information content (AvgIpc) is 3.23. The Morgan fingerprint density at radius 2 is 0.721 bits per heavy atom. The molecule has 0 aliphatic heterocycles. The minimum atomic E-state index is -4.15. The first-order valence-corrected chi connectivity index (χ1v) is 22.9. The van der Waals surface area contributed by atoms with Crippen LogP contribution in [0.5, 0.6) is 23.0 Å². The van der Waals surface area contributed by atoms with Gasteiger partial charge in [0.05, 0.1) is 9.79 Å². The zero-order valence-corrected chi connectivity index (χ0v) is 39.1. The topological polar surface area (TPSA) is 156 Å². The zero-order chi connectivity index (χ0) is 42.3. The van der Waals surface area contributed by atoms with Gasteiger partial charge in [0, 0.05) is 6.07 Å². The Morgan fingerprint density at radius 3 is 1.18 bits per heavy atom. The van der Waals surface area contributed by atoms with Crippen molar-refractivity contribution in [1.82, 2.24) is 0 Å². The van der Waals surface area contributed by atoms with Gasteiger partial charge in [0.25, 0.3) is 0 Å². The molecule has 0 fully saturated rings. The fourth-order valence-corrected chi connectivity index (χ4v) is 8.71. The third-order valence-electron chi connectivity index (χ3n) is 7.74. The van der Waals surface area contributed by atoms with Crippen LogP contribution < -0.4 is 16.7 Å². The van der Waals surface area contributed by atoms with Crippen molar-refractivity contribution < 1.29 is 46.2 Å². The molecule has 17 heteroatoms. The smallest absolute Gasteiger partial charge is 0.379 e. The Kier molecular flexibility index (Phi) is 19.3. The second-order valence-electron chi connectivity index (χ2n) is 12.3. The maximum atomic E-state index is 12.7. The maximum Gasteiger partial charge on any atom is 0.417 e. The summed E-state index contributed by atoms with van der Waals surface area (Å²) >= 11 is -2.13. The van der Waals surface area contributed by atoms with E-state index >= 15 is 0 Å². The van der Waals surface area contributed by atoms with E-state index in [1.165, 1.54) is 84.4 Å². The fraction of sp³-hybridized carbons (Fsp3) is 0.0455. The van der Waals surface area contributed by atoms with Crippen LogP contribution in [0.4, 0.5) is 0 Å². The van der Waals surface area contributed by atoms with Crippen LogP contribution in [-0.2, 0) is 41.4 Å². The second-order valence-corrected chi connectivity index (χ2v) is 18.1. The predicted molar refractivity (Wildman–Crippen MR) is 247 cm³/mol. The molecule has 7 aromatic rings. The van der Waals surface area contributed by atoms with Gasteiger partial charge in [-0.15, -0.1) is 0 Å². The monoisotopic (exact) mass is 938 g/mol. The number of hydrogen-bond acceptors (Lipinski definition) is 11. The number of rotatable bonds is 12. The number of aryl methyl sites for hydroxylation is 2. The van der Waals surface area contributed by atoms with E-state index in [9.17, 15) is 29.5 Å². The summed E-state index contributed by atoms with van der Waals surface area (Å²) < 4.78 is 107. The summed E-state index contributed by atoms with van der Waals surface area (Å²) in [6.07, 6.45) is 0. The van der Waals surface area contributed by atoms with Gasteiger partial charge in [0.15, 0.2) is 0 Å². The normalized spacial score (nSPS) is 11.2. The van der Waals surface area contributed by atoms with E-state index in [4.69, 9.17) is 16.7 Å². The molecule has 0 aromatic heterocycles. The molecule has 11 nitrogen and oxygen atoms in total. The highest BCUT2D eigenvalue weighted by Crippen LogP contribution is 2.26. The molecule has 0 bridgehead atoms. The molecule has 0 aliphatic rings. The van der Waals surface area contributed by atoms with E-state index in [1.807, 2.05) is 25.1 Å². The fourth-order valence-electron chi connectivity index (χ4n) is 4.82. The molecule has 0 N–H and O–H groups in total. The van der Waals surface area contributed by atoms with E-state index in [-0.39, 0.29) is 56.6 Å². The molecule has 0 spiro atoms. The van der Waals surface area contributed by atoms with Crippen molar-refractivity contribution in [2.75, 3.05) is 0 Å². The highest BCUT2D eigenvalue weighted by molar-refractivity contribution is 7.91. The molecule has 0 heterocycles. The lowest BCUT2D eigenvalue weighted by atomic mass is 10.2. The average molecular weight is 939 g/mol. The third-order valence-corrected chi connectivity index (χ3v) is 12.7. The molecule has 61 heavy (non-hydrogen) atoms. The highest BCUT2D eigenvalue weighted by Gasteiger charge is 2.23. The van der Waals surface area contributed by atoms with Gasteiger partial charge in [-0.1, -0.05) is 120 Å². The lowest BCUT2D eigenvalue weighted by molar-refractivity contribution is 0.459. The molecule has 0 amide bonds. The van der Waals surface area contributed by atoms with E-state index in [2.05, 4.69) is 19.1 Å². The van der Waals surface area contributed by atoms with E-state index < -0.39 is 41.4 Å². The highest BCUT2D eigenvalue weighted by atomic mass is 32.2. The van der Waals surface area contributed by atoms with Gasteiger partial charge < -0.3 is 16.7 Å². The van der Waals surface area contributed by atoms with Gasteiger partial charge in [0.1, 0.15) is 32.8 Å². The molecule has 3 atom stereocenters. The summed E-state index contributed by atoms with van der Waals surface area (Å²) in [6, 6.07) is 51.9. The van der Waals surface area contributed by atoms with Crippen LogP contribution in [0.2, 0.25) is 0 Å². The summed E-state index contributed by atoms with van der Waals surface area (Å²) in [7, 11) is -12.0. The number of sulfone groups is 1. The van der Waals surface area contributed by atoms with Crippen LogP contribution in [-0.4, -0.2) is 29.5 Å². The van der Waals surface area contributed by atoms with Gasteiger partial charge in [-0.2, -0.15) is 40.8 Å². The first-order valence-electron chi connectivity index (χ1n) is 17.6. The van der Waals surface area contributed by atoms with Crippen molar-refractivity contribution in [2.24, 2.45) is 0 Å². The van der Waals surface area contributed by atoms with E-state index in [1.54, 1.807) is 78.9 Å². The molecule has 7 aromatic carbocycles. The molecule has 7 rings (SSSR count). The summed E-state index contributed by atoms with van der Waals surface area (Å²) in [4.78, 5) is -0.370. The molecule has 0 saturated heterocycles. The zero-order valence-electron chi connectivity index (χ0n) is 33.0. The van der Waals surface area contributed by atoms with E-state index in [0.29, 0.717) is 5.75 Å². The van der Waals surface area contributed by atoms with Crippen molar-refractivity contribution in [1.29, 1.82) is 0 Å². The first kappa shape index (κ1) is 50.0.